The first-order valence-corrected chi connectivity index (χ1v) is 6.72. The highest BCUT2D eigenvalue weighted by Crippen LogP contribution is 2.23. The number of hydrogen-bond acceptors (Lipinski definition) is 6. The molecule has 9 heteroatoms. The number of nitrogens with zero attached hydrogens (tertiary/aromatic N) is 3. The van der Waals surface area contributed by atoms with Crippen molar-refractivity contribution < 1.29 is 22.9 Å². The number of rotatable bonds is 4. The molecule has 1 N–H and O–H groups in total. The van der Waals surface area contributed by atoms with Crippen molar-refractivity contribution in [2.45, 2.75) is 17.9 Å². The van der Waals surface area contributed by atoms with Crippen molar-refractivity contribution in [3.8, 4) is 0 Å². The van der Waals surface area contributed by atoms with E-state index in [4.69, 9.17) is 5.11 Å². The van der Waals surface area contributed by atoms with Crippen LogP contribution in [0.2, 0.25) is 0 Å². The summed E-state index contributed by atoms with van der Waals surface area (Å²) in [6, 6.07) is 3.16. The van der Waals surface area contributed by atoms with E-state index in [0.29, 0.717) is 0 Å². The van der Waals surface area contributed by atoms with E-state index in [1.807, 2.05) is 0 Å². The van der Waals surface area contributed by atoms with E-state index in [1.54, 1.807) is 6.07 Å². The molecule has 0 amide bonds. The molecule has 1 aromatic carbocycles. The quantitative estimate of drug-likeness (QED) is 0.860. The number of fused-ring (bicyclic) bond motifs is 1. The van der Waals surface area contributed by atoms with Gasteiger partial charge >= 0.3 is 5.97 Å². The van der Waals surface area contributed by atoms with Gasteiger partial charge in [0, 0.05) is 7.05 Å². The van der Waals surface area contributed by atoms with Crippen molar-refractivity contribution in [3.63, 3.8) is 0 Å². The average Bonchev–Trinajstić information content (AvgIpc) is 2.84. The molecule has 1 heterocycles. The Morgan fingerprint density at radius 2 is 2.11 bits per heavy atom. The number of carboxylic acids is 1. The zero-order chi connectivity index (χ0) is 14.2. The van der Waals surface area contributed by atoms with E-state index in [9.17, 15) is 13.2 Å². The van der Waals surface area contributed by atoms with Gasteiger partial charge in [0.1, 0.15) is 16.5 Å². The van der Waals surface area contributed by atoms with Gasteiger partial charge in [-0.05, 0) is 29.4 Å². The van der Waals surface area contributed by atoms with E-state index in [0.717, 1.165) is 4.31 Å². The van der Waals surface area contributed by atoms with Gasteiger partial charge in [-0.3, -0.25) is 4.79 Å². The zero-order valence-electron chi connectivity index (χ0n) is 10.1. The second-order valence-electron chi connectivity index (χ2n) is 3.92. The number of aliphatic carboxylic acids is 1. The lowest BCUT2D eigenvalue weighted by molar-refractivity contribution is -0.140. The van der Waals surface area contributed by atoms with Gasteiger partial charge < -0.3 is 5.11 Å². The topological polar surface area (TPSA) is 114 Å². The summed E-state index contributed by atoms with van der Waals surface area (Å²) in [5.41, 5.74) is 0.365. The predicted octanol–water partition coefficient (Wildman–Crippen LogP) is 0.316. The lowest BCUT2D eigenvalue weighted by atomic mass is 10.3. The SMILES string of the molecule is CC(C(=O)O)N(C)S(=O)(=O)c1cccc2nonc12. The summed E-state index contributed by atoms with van der Waals surface area (Å²) in [6.45, 7) is 1.28. The Labute approximate surface area is 108 Å². The molecule has 0 aliphatic rings. The van der Waals surface area contributed by atoms with Crippen LogP contribution in [-0.2, 0) is 14.8 Å². The predicted molar refractivity (Wildman–Crippen MR) is 63.9 cm³/mol. The first-order valence-electron chi connectivity index (χ1n) is 5.28. The van der Waals surface area contributed by atoms with Crippen LogP contribution in [0.4, 0.5) is 0 Å². The van der Waals surface area contributed by atoms with Gasteiger partial charge in [0.15, 0.2) is 5.52 Å². The summed E-state index contributed by atoms with van der Waals surface area (Å²) in [6.07, 6.45) is 0. The minimum Gasteiger partial charge on any atom is -0.480 e. The molecule has 1 atom stereocenters. The molecule has 1 aromatic heterocycles. The van der Waals surface area contributed by atoms with Crippen molar-refractivity contribution in [1.82, 2.24) is 14.6 Å². The molecular weight excluding hydrogens is 274 g/mol. The van der Waals surface area contributed by atoms with Crippen LogP contribution in [0.1, 0.15) is 6.92 Å². The Morgan fingerprint density at radius 1 is 1.42 bits per heavy atom. The number of benzene rings is 1. The second kappa shape index (κ2) is 4.59. The Bertz CT molecular complexity index is 724. The molecule has 19 heavy (non-hydrogen) atoms. The number of carbonyl (C=O) groups is 1. The van der Waals surface area contributed by atoms with Crippen molar-refractivity contribution in [2.75, 3.05) is 7.05 Å². The smallest absolute Gasteiger partial charge is 0.321 e. The van der Waals surface area contributed by atoms with Gasteiger partial charge in [-0.2, -0.15) is 4.31 Å². The van der Waals surface area contributed by atoms with Gasteiger partial charge in [-0.15, -0.1) is 0 Å². The molecule has 0 aliphatic heterocycles. The van der Waals surface area contributed by atoms with Crippen molar-refractivity contribution in [3.05, 3.63) is 18.2 Å². The van der Waals surface area contributed by atoms with Crippen molar-refractivity contribution in [1.29, 1.82) is 0 Å². The lowest BCUT2D eigenvalue weighted by Gasteiger charge is -2.20. The average molecular weight is 285 g/mol. The van der Waals surface area contributed by atoms with Crippen LogP contribution in [0.25, 0.3) is 11.0 Å². The number of hydrogen-bond donors (Lipinski definition) is 1. The highest BCUT2D eigenvalue weighted by Gasteiger charge is 2.31. The fourth-order valence-electron chi connectivity index (χ4n) is 1.51. The molecule has 0 bridgehead atoms. The first kappa shape index (κ1) is 13.4. The highest BCUT2D eigenvalue weighted by atomic mass is 32.2. The fraction of sp³-hybridized carbons (Fsp3) is 0.300. The summed E-state index contributed by atoms with van der Waals surface area (Å²) in [4.78, 5) is 10.7. The molecule has 0 spiro atoms. The number of sulfonamides is 1. The molecular formula is C10H11N3O5S. The highest BCUT2D eigenvalue weighted by molar-refractivity contribution is 7.89. The largest absolute Gasteiger partial charge is 0.480 e. The normalized spacial score (nSPS) is 13.8. The molecule has 2 aromatic rings. The van der Waals surface area contributed by atoms with Crippen LogP contribution in [-0.4, -0.2) is 47.2 Å². The third-order valence-corrected chi connectivity index (χ3v) is 4.77. The third kappa shape index (κ3) is 2.17. The van der Waals surface area contributed by atoms with Gasteiger partial charge in [-0.1, -0.05) is 6.07 Å². The molecule has 0 aliphatic carbocycles. The maximum Gasteiger partial charge on any atom is 0.321 e. The summed E-state index contributed by atoms with van der Waals surface area (Å²) in [5.74, 6) is -1.24. The van der Waals surface area contributed by atoms with E-state index in [-0.39, 0.29) is 15.9 Å². The summed E-state index contributed by atoms with van der Waals surface area (Å²) >= 11 is 0. The fourth-order valence-corrected chi connectivity index (χ4v) is 2.96. The van der Waals surface area contributed by atoms with E-state index < -0.39 is 22.0 Å². The maximum absolute atomic E-state index is 12.3. The molecule has 1 unspecified atom stereocenters. The van der Waals surface area contributed by atoms with Gasteiger partial charge in [-0.25, -0.2) is 13.0 Å². The van der Waals surface area contributed by atoms with Crippen LogP contribution in [0.5, 0.6) is 0 Å². The Morgan fingerprint density at radius 3 is 2.74 bits per heavy atom. The number of aromatic nitrogens is 2. The van der Waals surface area contributed by atoms with Crippen molar-refractivity contribution in [2.24, 2.45) is 0 Å². The minimum atomic E-state index is -3.99. The second-order valence-corrected chi connectivity index (χ2v) is 5.89. The minimum absolute atomic E-state index is 0.0759. The van der Waals surface area contributed by atoms with Crippen LogP contribution in [0.3, 0.4) is 0 Å². The molecule has 0 saturated heterocycles. The van der Waals surface area contributed by atoms with Crippen LogP contribution >= 0.6 is 0 Å². The monoisotopic (exact) mass is 285 g/mol. The van der Waals surface area contributed by atoms with Gasteiger partial charge in [0.05, 0.1) is 0 Å². The van der Waals surface area contributed by atoms with Crippen LogP contribution < -0.4 is 0 Å². The molecule has 0 fully saturated rings. The Kier molecular flexibility index (Phi) is 3.25. The molecule has 8 nitrogen and oxygen atoms in total. The molecule has 2 rings (SSSR count). The van der Waals surface area contributed by atoms with Gasteiger partial charge in [0.25, 0.3) is 0 Å². The molecule has 102 valence electrons. The summed E-state index contributed by atoms with van der Waals surface area (Å²) in [7, 11) is -2.79. The lowest BCUT2D eigenvalue weighted by Crippen LogP contribution is -2.40. The Balaban J connectivity index is 2.56. The Hall–Kier alpha value is -2.00. The molecule has 0 radical (unpaired) electrons. The van der Waals surface area contributed by atoms with Gasteiger partial charge in [0.2, 0.25) is 10.0 Å². The number of carboxylic acid groups (broad SMARTS) is 1. The summed E-state index contributed by atoms with van der Waals surface area (Å²) in [5, 5.41) is 16.0. The van der Waals surface area contributed by atoms with E-state index >= 15 is 0 Å². The molecule has 0 saturated carbocycles. The first-order chi connectivity index (χ1) is 8.85. The van der Waals surface area contributed by atoms with E-state index in [1.165, 1.54) is 26.1 Å². The summed E-state index contributed by atoms with van der Waals surface area (Å²) < 4.78 is 29.9. The standard InChI is InChI=1S/C10H11N3O5S/c1-6(10(14)15)13(2)19(16,17)8-5-3-4-7-9(8)12-18-11-7/h3-6H,1-2H3,(H,14,15). The van der Waals surface area contributed by atoms with Crippen LogP contribution in [0.15, 0.2) is 27.7 Å². The van der Waals surface area contributed by atoms with Crippen LogP contribution in [0, 0.1) is 0 Å². The third-order valence-electron chi connectivity index (χ3n) is 2.81. The van der Waals surface area contributed by atoms with Crippen molar-refractivity contribution >= 4 is 27.0 Å². The maximum atomic E-state index is 12.3. The number of likely N-dealkylation sites (N-methyl/N-ethyl adjacent to an activating group) is 1. The van der Waals surface area contributed by atoms with E-state index in [2.05, 4.69) is 14.9 Å². The zero-order valence-corrected chi connectivity index (χ0v) is 11.0.